The molecule has 0 bridgehead atoms. The maximum atomic E-state index is 13.7. The van der Waals surface area contributed by atoms with E-state index in [0.717, 1.165) is 6.42 Å². The van der Waals surface area contributed by atoms with Crippen LogP contribution in [-0.2, 0) is 9.53 Å². The van der Waals surface area contributed by atoms with Crippen molar-refractivity contribution in [2.24, 2.45) is 0 Å². The van der Waals surface area contributed by atoms with Crippen molar-refractivity contribution in [1.82, 2.24) is 14.9 Å². The van der Waals surface area contributed by atoms with Gasteiger partial charge in [0.25, 0.3) is 0 Å². The van der Waals surface area contributed by atoms with Gasteiger partial charge >= 0.3 is 0 Å². The number of halogens is 1. The average molecular weight is 494 g/mol. The Hall–Kier alpha value is -3.56. The normalized spacial score (nSPS) is 15.8. The van der Waals surface area contributed by atoms with Crippen LogP contribution in [0, 0.1) is 12.7 Å². The highest BCUT2D eigenvalue weighted by molar-refractivity contribution is 6.03. The summed E-state index contributed by atoms with van der Waals surface area (Å²) < 4.78 is 25.4. The van der Waals surface area contributed by atoms with E-state index >= 15 is 0 Å². The minimum Gasteiger partial charge on any atom is -0.486 e. The van der Waals surface area contributed by atoms with E-state index in [1.54, 1.807) is 31.2 Å². The maximum absolute atomic E-state index is 13.7. The fraction of sp³-hybridized carbons (Fsp3) is 0.370. The number of hydrogen-bond donors (Lipinski definition) is 2. The zero-order valence-corrected chi connectivity index (χ0v) is 21.0. The molecule has 4 rings (SSSR count). The van der Waals surface area contributed by atoms with Crippen molar-refractivity contribution in [1.29, 1.82) is 0 Å². The van der Waals surface area contributed by atoms with E-state index in [9.17, 15) is 9.18 Å². The lowest BCUT2D eigenvalue weighted by atomic mass is 10.1. The number of carbonyl (C=O) groups excluding carboxylic acids is 1. The Morgan fingerprint density at radius 2 is 2.14 bits per heavy atom. The highest BCUT2D eigenvalue weighted by atomic mass is 19.1. The topological polar surface area (TPSA) is 88.6 Å². The molecule has 0 unspecified atom stereocenters. The lowest BCUT2D eigenvalue weighted by Crippen LogP contribution is -2.26. The maximum Gasteiger partial charge on any atom is 0.248 e. The van der Waals surface area contributed by atoms with Crippen LogP contribution in [0.1, 0.15) is 25.8 Å². The molecular formula is C27H32FN5O3. The van der Waals surface area contributed by atoms with E-state index in [-0.39, 0.29) is 17.8 Å². The Kier molecular flexibility index (Phi) is 8.12. The molecule has 0 aliphatic carbocycles. The van der Waals surface area contributed by atoms with Gasteiger partial charge in [0.05, 0.1) is 24.4 Å². The lowest BCUT2D eigenvalue weighted by molar-refractivity contribution is -0.111. The van der Waals surface area contributed by atoms with Crippen molar-refractivity contribution in [3.05, 3.63) is 60.2 Å². The van der Waals surface area contributed by atoms with Gasteiger partial charge in [0.2, 0.25) is 5.91 Å². The first-order valence-corrected chi connectivity index (χ1v) is 12.0. The highest BCUT2D eigenvalue weighted by Crippen LogP contribution is 2.34. The van der Waals surface area contributed by atoms with Gasteiger partial charge in [-0.2, -0.15) is 0 Å². The van der Waals surface area contributed by atoms with Crippen LogP contribution in [0.25, 0.3) is 10.9 Å². The Morgan fingerprint density at radius 1 is 1.31 bits per heavy atom. The molecule has 0 radical (unpaired) electrons. The fourth-order valence-electron chi connectivity index (χ4n) is 3.73. The Morgan fingerprint density at radius 3 is 2.86 bits per heavy atom. The second-order valence-electron chi connectivity index (χ2n) is 9.21. The Labute approximate surface area is 210 Å². The fourth-order valence-corrected chi connectivity index (χ4v) is 3.73. The van der Waals surface area contributed by atoms with E-state index in [0.29, 0.717) is 65.2 Å². The number of aromatic nitrogens is 2. The van der Waals surface area contributed by atoms with Crippen LogP contribution in [0.2, 0.25) is 0 Å². The second kappa shape index (κ2) is 11.5. The number of amides is 1. The van der Waals surface area contributed by atoms with Crippen LogP contribution >= 0.6 is 0 Å². The van der Waals surface area contributed by atoms with Crippen LogP contribution in [-0.4, -0.2) is 59.7 Å². The van der Waals surface area contributed by atoms with Gasteiger partial charge in [-0.1, -0.05) is 6.08 Å². The summed E-state index contributed by atoms with van der Waals surface area (Å²) in [6.45, 7) is 7.69. The minimum absolute atomic E-state index is 0.102. The predicted molar refractivity (Wildman–Crippen MR) is 139 cm³/mol. The van der Waals surface area contributed by atoms with Crippen LogP contribution in [0.4, 0.5) is 21.6 Å². The molecule has 9 heteroatoms. The summed E-state index contributed by atoms with van der Waals surface area (Å²) in [6.07, 6.45) is 5.47. The van der Waals surface area contributed by atoms with Crippen molar-refractivity contribution >= 4 is 34.0 Å². The monoisotopic (exact) mass is 493 g/mol. The van der Waals surface area contributed by atoms with Crippen molar-refractivity contribution < 1.29 is 18.7 Å². The van der Waals surface area contributed by atoms with Crippen molar-refractivity contribution in [2.75, 3.05) is 37.4 Å². The van der Waals surface area contributed by atoms with Crippen molar-refractivity contribution in [3.8, 4) is 5.75 Å². The summed E-state index contributed by atoms with van der Waals surface area (Å²) >= 11 is 0. The van der Waals surface area contributed by atoms with E-state index in [4.69, 9.17) is 9.47 Å². The summed E-state index contributed by atoms with van der Waals surface area (Å²) in [5.41, 5.74) is 2.37. The van der Waals surface area contributed by atoms with E-state index in [1.165, 1.54) is 18.5 Å². The number of nitrogens with zero attached hydrogens (tertiary/aromatic N) is 3. The van der Waals surface area contributed by atoms with Gasteiger partial charge in [0.1, 0.15) is 29.8 Å². The van der Waals surface area contributed by atoms with Gasteiger partial charge in [0, 0.05) is 42.2 Å². The molecular weight excluding hydrogens is 461 g/mol. The molecule has 1 saturated heterocycles. The standard InChI is InChI=1S/C27H32FN5O3/c1-17(2)33(4)10-5-6-26(34)32-24-13-21-23(14-25(24)36-20-9-11-35-15-20)29-16-30-27(21)31-19-7-8-22(28)18(3)12-19/h5-8,12-14,16-17,20H,9-11,15H2,1-4H3,(H,32,34)(H,29,30,31)/b6-5+/t20-/m0/s1. The molecule has 1 fully saturated rings. The molecule has 1 amide bonds. The molecule has 1 aromatic heterocycles. The molecule has 3 aromatic rings. The molecule has 1 atom stereocenters. The quantitative estimate of drug-likeness (QED) is 0.413. The van der Waals surface area contributed by atoms with Gasteiger partial charge in [-0.15, -0.1) is 0 Å². The summed E-state index contributed by atoms with van der Waals surface area (Å²) in [5, 5.41) is 6.87. The van der Waals surface area contributed by atoms with Gasteiger partial charge in [-0.3, -0.25) is 4.79 Å². The first-order chi connectivity index (χ1) is 17.3. The van der Waals surface area contributed by atoms with Crippen molar-refractivity contribution in [3.63, 3.8) is 0 Å². The molecule has 0 spiro atoms. The summed E-state index contributed by atoms with van der Waals surface area (Å²) in [6, 6.07) is 8.74. The van der Waals surface area contributed by atoms with E-state index < -0.39 is 0 Å². The number of nitrogens with one attached hydrogen (secondary N) is 2. The second-order valence-corrected chi connectivity index (χ2v) is 9.21. The van der Waals surface area contributed by atoms with E-state index in [2.05, 4.69) is 39.3 Å². The number of rotatable bonds is 9. The molecule has 8 nitrogen and oxygen atoms in total. The van der Waals surface area contributed by atoms with Crippen LogP contribution in [0.3, 0.4) is 0 Å². The third kappa shape index (κ3) is 6.35. The summed E-state index contributed by atoms with van der Waals surface area (Å²) in [5.74, 6) is 0.510. The van der Waals surface area contributed by atoms with Gasteiger partial charge in [-0.05, 0) is 57.6 Å². The van der Waals surface area contributed by atoms with Crippen LogP contribution in [0.5, 0.6) is 5.75 Å². The molecule has 2 heterocycles. The number of anilines is 3. The summed E-state index contributed by atoms with van der Waals surface area (Å²) in [4.78, 5) is 23.7. The molecule has 1 aliphatic rings. The first kappa shape index (κ1) is 25.5. The summed E-state index contributed by atoms with van der Waals surface area (Å²) in [7, 11) is 2.00. The average Bonchev–Trinajstić information content (AvgIpc) is 3.35. The number of likely N-dealkylation sites (N-methyl/N-ethyl adjacent to an activating group) is 1. The highest BCUT2D eigenvalue weighted by Gasteiger charge is 2.21. The number of ether oxygens (including phenoxy) is 2. The predicted octanol–water partition coefficient (Wildman–Crippen LogP) is 4.82. The van der Waals surface area contributed by atoms with Crippen molar-refractivity contribution in [2.45, 2.75) is 39.3 Å². The third-order valence-electron chi connectivity index (χ3n) is 6.14. The van der Waals surface area contributed by atoms with Crippen LogP contribution < -0.4 is 15.4 Å². The molecule has 0 saturated carbocycles. The van der Waals surface area contributed by atoms with E-state index in [1.807, 2.05) is 13.1 Å². The third-order valence-corrected chi connectivity index (χ3v) is 6.14. The Balaban J connectivity index is 1.64. The van der Waals surface area contributed by atoms with Crippen LogP contribution in [0.15, 0.2) is 48.8 Å². The number of aryl methyl sites for hydroxylation is 1. The molecule has 1 aliphatic heterocycles. The number of fused-ring (bicyclic) bond motifs is 1. The van der Waals surface area contributed by atoms with Gasteiger partial charge in [0.15, 0.2) is 0 Å². The largest absolute Gasteiger partial charge is 0.486 e. The molecule has 2 aromatic carbocycles. The zero-order chi connectivity index (χ0) is 25.7. The number of carbonyl (C=O) groups is 1. The lowest BCUT2D eigenvalue weighted by Gasteiger charge is -2.19. The molecule has 2 N–H and O–H groups in total. The first-order valence-electron chi connectivity index (χ1n) is 12.0. The van der Waals surface area contributed by atoms with Gasteiger partial charge < -0.3 is 25.0 Å². The molecule has 36 heavy (non-hydrogen) atoms. The number of hydrogen-bond acceptors (Lipinski definition) is 7. The Bertz CT molecular complexity index is 1260. The SMILES string of the molecule is Cc1cc(Nc2ncnc3cc(O[C@H]4CCOC4)c(NC(=O)/C=C/CN(C)C(C)C)cc23)ccc1F. The number of benzene rings is 2. The zero-order valence-electron chi connectivity index (χ0n) is 21.0. The minimum atomic E-state index is -0.275. The smallest absolute Gasteiger partial charge is 0.248 e. The van der Waals surface area contributed by atoms with Gasteiger partial charge in [-0.25, -0.2) is 14.4 Å². The molecule has 190 valence electrons.